The van der Waals surface area contributed by atoms with E-state index in [4.69, 9.17) is 0 Å². The number of hydrogen-bond donors (Lipinski definition) is 0. The summed E-state index contributed by atoms with van der Waals surface area (Å²) in [6, 6.07) is 93.6. The summed E-state index contributed by atoms with van der Waals surface area (Å²) in [5, 5.41) is 5.03. The van der Waals surface area contributed by atoms with E-state index < -0.39 is 0 Å². The number of para-hydroxylation sites is 1. The van der Waals surface area contributed by atoms with Crippen molar-refractivity contribution in [3.05, 3.63) is 271 Å². The second-order valence-corrected chi connectivity index (χ2v) is 17.3. The molecule has 0 saturated carbocycles. The van der Waals surface area contributed by atoms with Crippen LogP contribution in [-0.2, 0) is 5.41 Å². The highest BCUT2D eigenvalue weighted by Gasteiger charge is 2.42. The standard InChI is InChI=1S/C64H45N/c1-64(51-22-3-2-4-23-51)59-31-11-9-28-58(59)63-60(64)32-16-34-62(63)65(52-24-13-21-50(43-52)44-35-37-47(38-36-44)55-29-14-19-45-17-5-7-25-53(45)55)61-33-12-10-27-57(61)49-41-39-48(40-42-49)56-30-15-20-46-18-6-8-26-54(46)56/h2-43H,1H3. The van der Waals surface area contributed by atoms with E-state index in [2.05, 4.69) is 267 Å². The molecule has 1 aliphatic rings. The Bertz CT molecular complexity index is 3540. The summed E-state index contributed by atoms with van der Waals surface area (Å²) in [6.07, 6.45) is 0. The average molecular weight is 828 g/mol. The van der Waals surface area contributed by atoms with Crippen LogP contribution in [0.1, 0.15) is 23.6 Å². The SMILES string of the molecule is CC1(c2ccccc2)c2ccccc2-c2c(N(c3cccc(-c4ccc(-c5cccc6ccccc56)cc4)c3)c3ccccc3-c3ccc(-c4cccc5ccccc45)cc3)cccc21. The summed E-state index contributed by atoms with van der Waals surface area (Å²) >= 11 is 0. The topological polar surface area (TPSA) is 3.24 Å². The third-order valence-electron chi connectivity index (χ3n) is 13.8. The zero-order valence-electron chi connectivity index (χ0n) is 36.2. The normalized spacial score (nSPS) is 14.0. The fourth-order valence-electron chi connectivity index (χ4n) is 10.6. The van der Waals surface area contributed by atoms with E-state index >= 15 is 0 Å². The molecule has 1 heteroatoms. The monoisotopic (exact) mass is 827 g/mol. The van der Waals surface area contributed by atoms with Gasteiger partial charge in [-0.1, -0.05) is 231 Å². The van der Waals surface area contributed by atoms with E-state index in [1.165, 1.54) is 77.2 Å². The van der Waals surface area contributed by atoms with Gasteiger partial charge in [0.25, 0.3) is 0 Å². The Balaban J connectivity index is 1.03. The molecule has 0 aliphatic heterocycles. The van der Waals surface area contributed by atoms with Crippen LogP contribution in [0.25, 0.3) is 77.2 Å². The summed E-state index contributed by atoms with van der Waals surface area (Å²) < 4.78 is 0. The number of benzene rings is 11. The van der Waals surface area contributed by atoms with E-state index in [9.17, 15) is 0 Å². The van der Waals surface area contributed by atoms with Crippen LogP contribution >= 0.6 is 0 Å². The Labute approximate surface area is 381 Å². The molecule has 0 fully saturated rings. The van der Waals surface area contributed by atoms with Gasteiger partial charge in [0, 0.05) is 22.2 Å². The maximum Gasteiger partial charge on any atom is 0.0543 e. The molecule has 1 aliphatic carbocycles. The van der Waals surface area contributed by atoms with Crippen molar-refractivity contribution in [2.24, 2.45) is 0 Å². The molecule has 1 nitrogen and oxygen atoms in total. The Morgan fingerprint density at radius 3 is 1.45 bits per heavy atom. The van der Waals surface area contributed by atoms with Gasteiger partial charge in [0.05, 0.1) is 11.4 Å². The minimum atomic E-state index is -0.334. The van der Waals surface area contributed by atoms with Gasteiger partial charge in [-0.05, 0) is 114 Å². The van der Waals surface area contributed by atoms with Gasteiger partial charge < -0.3 is 4.90 Å². The summed E-state index contributed by atoms with van der Waals surface area (Å²) in [7, 11) is 0. The summed E-state index contributed by atoms with van der Waals surface area (Å²) in [6.45, 7) is 2.40. The third-order valence-corrected chi connectivity index (χ3v) is 13.8. The largest absolute Gasteiger partial charge is 0.309 e. The van der Waals surface area contributed by atoms with Gasteiger partial charge in [-0.2, -0.15) is 0 Å². The number of rotatable bonds is 8. The summed E-state index contributed by atoms with van der Waals surface area (Å²) in [4.78, 5) is 2.51. The zero-order valence-corrected chi connectivity index (χ0v) is 36.2. The Morgan fingerprint density at radius 2 is 0.769 bits per heavy atom. The van der Waals surface area contributed by atoms with Gasteiger partial charge in [0.2, 0.25) is 0 Å². The lowest BCUT2D eigenvalue weighted by Gasteiger charge is -2.32. The van der Waals surface area contributed by atoms with Crippen molar-refractivity contribution >= 4 is 38.6 Å². The van der Waals surface area contributed by atoms with Crippen LogP contribution in [0.3, 0.4) is 0 Å². The molecule has 1 atom stereocenters. The smallest absolute Gasteiger partial charge is 0.0543 e. The van der Waals surface area contributed by atoms with E-state index in [0.717, 1.165) is 33.8 Å². The summed E-state index contributed by atoms with van der Waals surface area (Å²) in [5.41, 5.74) is 19.1. The van der Waals surface area contributed by atoms with Gasteiger partial charge in [-0.15, -0.1) is 0 Å². The number of anilines is 3. The van der Waals surface area contributed by atoms with Gasteiger partial charge in [0.1, 0.15) is 0 Å². The number of nitrogens with zero attached hydrogens (tertiary/aromatic N) is 1. The first kappa shape index (κ1) is 38.4. The van der Waals surface area contributed by atoms with E-state index in [1.54, 1.807) is 0 Å². The maximum atomic E-state index is 2.51. The van der Waals surface area contributed by atoms with Crippen LogP contribution in [0.2, 0.25) is 0 Å². The van der Waals surface area contributed by atoms with Crippen LogP contribution < -0.4 is 4.90 Å². The second-order valence-electron chi connectivity index (χ2n) is 17.3. The predicted molar refractivity (Wildman–Crippen MR) is 275 cm³/mol. The lowest BCUT2D eigenvalue weighted by atomic mass is 9.74. The molecule has 0 radical (unpaired) electrons. The van der Waals surface area contributed by atoms with E-state index in [1.807, 2.05) is 0 Å². The number of fused-ring (bicyclic) bond motifs is 5. The van der Waals surface area contributed by atoms with Crippen LogP contribution in [0.15, 0.2) is 255 Å². The molecule has 0 bridgehead atoms. The molecule has 1 unspecified atom stereocenters. The van der Waals surface area contributed by atoms with Gasteiger partial charge >= 0.3 is 0 Å². The first-order valence-corrected chi connectivity index (χ1v) is 22.6. The van der Waals surface area contributed by atoms with Crippen molar-refractivity contribution < 1.29 is 0 Å². The molecule has 65 heavy (non-hydrogen) atoms. The second kappa shape index (κ2) is 15.8. The molecule has 0 N–H and O–H groups in total. The van der Waals surface area contributed by atoms with Crippen LogP contribution in [-0.4, -0.2) is 0 Å². The van der Waals surface area contributed by atoms with Crippen molar-refractivity contribution in [3.8, 4) is 55.6 Å². The molecule has 0 aromatic heterocycles. The molecule has 11 aromatic rings. The Hall–Kier alpha value is -8.26. The minimum Gasteiger partial charge on any atom is -0.309 e. The van der Waals surface area contributed by atoms with Gasteiger partial charge in [-0.3, -0.25) is 0 Å². The molecule has 0 amide bonds. The third kappa shape index (κ3) is 6.47. The molecule has 306 valence electrons. The quantitative estimate of drug-likeness (QED) is 0.147. The molecule has 0 saturated heterocycles. The fourth-order valence-corrected chi connectivity index (χ4v) is 10.6. The highest BCUT2D eigenvalue weighted by Crippen LogP contribution is 2.57. The molecule has 12 rings (SSSR count). The van der Waals surface area contributed by atoms with E-state index in [0.29, 0.717) is 0 Å². The van der Waals surface area contributed by atoms with E-state index in [-0.39, 0.29) is 5.41 Å². The van der Waals surface area contributed by atoms with Crippen molar-refractivity contribution in [2.45, 2.75) is 12.3 Å². The number of hydrogen-bond acceptors (Lipinski definition) is 1. The van der Waals surface area contributed by atoms with Crippen molar-refractivity contribution in [3.63, 3.8) is 0 Å². The first-order chi connectivity index (χ1) is 32.1. The lowest BCUT2D eigenvalue weighted by Crippen LogP contribution is -2.22. The molecular weight excluding hydrogens is 783 g/mol. The Kier molecular flexibility index (Phi) is 9.35. The van der Waals surface area contributed by atoms with Gasteiger partial charge in [0.15, 0.2) is 0 Å². The minimum absolute atomic E-state index is 0.334. The predicted octanol–water partition coefficient (Wildman–Crippen LogP) is 17.5. The van der Waals surface area contributed by atoms with Crippen LogP contribution in [0.5, 0.6) is 0 Å². The van der Waals surface area contributed by atoms with Crippen molar-refractivity contribution in [2.75, 3.05) is 4.90 Å². The van der Waals surface area contributed by atoms with Gasteiger partial charge in [-0.25, -0.2) is 0 Å². The zero-order chi connectivity index (χ0) is 43.3. The molecule has 0 spiro atoms. The summed E-state index contributed by atoms with van der Waals surface area (Å²) in [5.74, 6) is 0. The molecular formula is C64H45N. The maximum absolute atomic E-state index is 2.51. The highest BCUT2D eigenvalue weighted by molar-refractivity contribution is 6.01. The highest BCUT2D eigenvalue weighted by atomic mass is 15.1. The first-order valence-electron chi connectivity index (χ1n) is 22.6. The molecule has 0 heterocycles. The van der Waals surface area contributed by atoms with Crippen molar-refractivity contribution in [1.29, 1.82) is 0 Å². The fraction of sp³-hybridized carbons (Fsp3) is 0.0312. The molecule has 11 aromatic carbocycles. The Morgan fingerprint density at radius 1 is 0.308 bits per heavy atom. The van der Waals surface area contributed by atoms with Crippen LogP contribution in [0.4, 0.5) is 17.1 Å². The average Bonchev–Trinajstić information content (AvgIpc) is 3.65. The van der Waals surface area contributed by atoms with Crippen LogP contribution in [0, 0.1) is 0 Å². The van der Waals surface area contributed by atoms with Crippen molar-refractivity contribution in [1.82, 2.24) is 0 Å². The lowest BCUT2D eigenvalue weighted by molar-refractivity contribution is 0.714.